The number of anilines is 1. The minimum absolute atomic E-state index is 0.215. The Morgan fingerprint density at radius 1 is 1.19 bits per heavy atom. The first-order valence-corrected chi connectivity index (χ1v) is 6.63. The third-order valence-electron chi connectivity index (χ3n) is 3.21. The molecule has 0 saturated carbocycles. The van der Waals surface area contributed by atoms with Crippen molar-refractivity contribution in [3.8, 4) is 5.75 Å². The monoisotopic (exact) mass is 301 g/mol. The van der Waals surface area contributed by atoms with Gasteiger partial charge in [0.25, 0.3) is 0 Å². The number of carbonyl (C=O) groups excluding carboxylic acids is 1. The van der Waals surface area contributed by atoms with Gasteiger partial charge in [-0.3, -0.25) is 4.79 Å². The van der Waals surface area contributed by atoms with E-state index < -0.39 is 0 Å². The first kappa shape index (κ1) is 13.5. The number of ketones is 1. The predicted octanol–water partition coefficient (Wildman–Crippen LogP) is 3.91. The number of hydrogen-bond donors (Lipinski definition) is 1. The first-order chi connectivity index (χ1) is 10.1. The first-order valence-electron chi connectivity index (χ1n) is 6.26. The van der Waals surface area contributed by atoms with Crippen LogP contribution in [0.25, 0.3) is 11.0 Å². The lowest BCUT2D eigenvalue weighted by Crippen LogP contribution is -2.04. The van der Waals surface area contributed by atoms with E-state index >= 15 is 0 Å². The fraction of sp³-hybridized carbons (Fsp3) is 0.0625. The highest BCUT2D eigenvalue weighted by molar-refractivity contribution is 6.31. The average molecular weight is 302 g/mol. The fourth-order valence-corrected chi connectivity index (χ4v) is 2.30. The van der Waals surface area contributed by atoms with E-state index in [-0.39, 0.29) is 11.5 Å². The average Bonchev–Trinajstić information content (AvgIpc) is 2.90. The van der Waals surface area contributed by atoms with Crippen LogP contribution in [0.5, 0.6) is 5.75 Å². The maximum atomic E-state index is 12.5. The Balaban J connectivity index is 2.07. The normalized spacial score (nSPS) is 10.8. The molecule has 106 valence electrons. The summed E-state index contributed by atoms with van der Waals surface area (Å²) in [6.45, 7) is 0. The third kappa shape index (κ3) is 2.45. The van der Waals surface area contributed by atoms with E-state index in [1.165, 1.54) is 7.11 Å². The molecule has 0 fully saturated rings. The molecule has 0 radical (unpaired) electrons. The number of methoxy groups -OCH3 is 1. The van der Waals surface area contributed by atoms with E-state index in [2.05, 4.69) is 0 Å². The van der Waals surface area contributed by atoms with Crippen molar-refractivity contribution < 1.29 is 13.9 Å². The van der Waals surface area contributed by atoms with E-state index in [1.807, 2.05) is 0 Å². The predicted molar refractivity (Wildman–Crippen MR) is 82.1 cm³/mol. The van der Waals surface area contributed by atoms with Crippen molar-refractivity contribution in [2.75, 3.05) is 12.8 Å². The summed E-state index contributed by atoms with van der Waals surface area (Å²) in [5.41, 5.74) is 7.18. The highest BCUT2D eigenvalue weighted by atomic mass is 35.5. The van der Waals surface area contributed by atoms with Crippen molar-refractivity contribution in [1.82, 2.24) is 0 Å². The van der Waals surface area contributed by atoms with Gasteiger partial charge in [-0.05, 0) is 42.5 Å². The SMILES string of the molecule is COc1ccc(N)c(C(=O)c2cc3cc(Cl)ccc3o2)c1. The summed E-state index contributed by atoms with van der Waals surface area (Å²) in [6, 6.07) is 11.8. The van der Waals surface area contributed by atoms with Crippen LogP contribution in [0.3, 0.4) is 0 Å². The van der Waals surface area contributed by atoms with Crippen LogP contribution in [0.2, 0.25) is 5.02 Å². The van der Waals surface area contributed by atoms with Gasteiger partial charge in [-0.25, -0.2) is 0 Å². The summed E-state index contributed by atoms with van der Waals surface area (Å²) in [6.07, 6.45) is 0. The molecule has 21 heavy (non-hydrogen) atoms. The van der Waals surface area contributed by atoms with Gasteiger partial charge in [0.2, 0.25) is 5.78 Å². The van der Waals surface area contributed by atoms with Crippen LogP contribution in [0.15, 0.2) is 46.9 Å². The van der Waals surface area contributed by atoms with Crippen molar-refractivity contribution in [3.05, 3.63) is 58.8 Å². The summed E-state index contributed by atoms with van der Waals surface area (Å²) in [7, 11) is 1.53. The standard InChI is InChI=1S/C16H12ClNO3/c1-20-11-3-4-13(18)12(8-11)16(19)15-7-9-6-10(17)2-5-14(9)21-15/h2-8H,18H2,1H3. The molecular weight excluding hydrogens is 290 g/mol. The minimum Gasteiger partial charge on any atom is -0.497 e. The molecule has 3 aromatic rings. The van der Waals surface area contributed by atoms with Crippen LogP contribution in [-0.2, 0) is 0 Å². The zero-order chi connectivity index (χ0) is 15.0. The molecule has 0 unspecified atom stereocenters. The van der Waals surface area contributed by atoms with Gasteiger partial charge in [-0.2, -0.15) is 0 Å². The van der Waals surface area contributed by atoms with Gasteiger partial charge in [0.15, 0.2) is 5.76 Å². The molecule has 0 saturated heterocycles. The molecular formula is C16H12ClNO3. The van der Waals surface area contributed by atoms with Crippen LogP contribution in [0, 0.1) is 0 Å². The van der Waals surface area contributed by atoms with E-state index in [9.17, 15) is 4.79 Å². The van der Waals surface area contributed by atoms with Gasteiger partial charge in [0.1, 0.15) is 11.3 Å². The van der Waals surface area contributed by atoms with E-state index in [4.69, 9.17) is 26.5 Å². The largest absolute Gasteiger partial charge is 0.497 e. The van der Waals surface area contributed by atoms with Gasteiger partial charge in [0, 0.05) is 16.1 Å². The Labute approximate surface area is 126 Å². The second kappa shape index (κ2) is 5.14. The van der Waals surface area contributed by atoms with Crippen molar-refractivity contribution in [2.24, 2.45) is 0 Å². The summed E-state index contributed by atoms with van der Waals surface area (Å²) >= 11 is 5.93. The molecule has 1 aromatic heterocycles. The fourth-order valence-electron chi connectivity index (χ4n) is 2.12. The number of rotatable bonds is 3. The lowest BCUT2D eigenvalue weighted by Gasteiger charge is -2.05. The van der Waals surface area contributed by atoms with E-state index in [1.54, 1.807) is 42.5 Å². The Morgan fingerprint density at radius 3 is 2.76 bits per heavy atom. The molecule has 1 heterocycles. The number of nitrogen functional groups attached to an aromatic ring is 1. The molecule has 0 atom stereocenters. The number of halogens is 1. The second-order valence-corrected chi connectivity index (χ2v) is 5.01. The number of ether oxygens (including phenoxy) is 1. The number of furan rings is 1. The van der Waals surface area contributed by atoms with Crippen LogP contribution >= 0.6 is 11.6 Å². The maximum Gasteiger partial charge on any atom is 0.230 e. The molecule has 2 N–H and O–H groups in total. The van der Waals surface area contributed by atoms with Gasteiger partial charge in [-0.1, -0.05) is 11.6 Å². The van der Waals surface area contributed by atoms with Crippen LogP contribution in [-0.4, -0.2) is 12.9 Å². The van der Waals surface area contributed by atoms with Crippen molar-refractivity contribution in [1.29, 1.82) is 0 Å². The van der Waals surface area contributed by atoms with Gasteiger partial charge in [0.05, 0.1) is 12.7 Å². The zero-order valence-corrected chi connectivity index (χ0v) is 12.0. The number of fused-ring (bicyclic) bond motifs is 1. The van der Waals surface area contributed by atoms with Gasteiger partial charge in [-0.15, -0.1) is 0 Å². The van der Waals surface area contributed by atoms with Crippen LogP contribution < -0.4 is 10.5 Å². The zero-order valence-electron chi connectivity index (χ0n) is 11.2. The smallest absolute Gasteiger partial charge is 0.230 e. The molecule has 0 bridgehead atoms. The summed E-state index contributed by atoms with van der Waals surface area (Å²) in [5, 5.41) is 1.36. The van der Waals surface area contributed by atoms with Crippen molar-refractivity contribution in [2.45, 2.75) is 0 Å². The number of nitrogens with two attached hydrogens (primary N) is 1. The quantitative estimate of drug-likeness (QED) is 0.588. The molecule has 0 aliphatic carbocycles. The molecule has 4 nitrogen and oxygen atoms in total. The Kier molecular flexibility index (Phi) is 3.31. The topological polar surface area (TPSA) is 65.5 Å². The lowest BCUT2D eigenvalue weighted by molar-refractivity contribution is 0.101. The molecule has 0 spiro atoms. The Hall–Kier alpha value is -2.46. The van der Waals surface area contributed by atoms with Gasteiger partial charge < -0.3 is 14.9 Å². The Bertz CT molecular complexity index is 839. The van der Waals surface area contributed by atoms with Crippen LogP contribution in [0.4, 0.5) is 5.69 Å². The molecule has 5 heteroatoms. The summed E-state index contributed by atoms with van der Waals surface area (Å²) < 4.78 is 10.7. The number of benzene rings is 2. The van der Waals surface area contributed by atoms with Crippen molar-refractivity contribution >= 4 is 34.0 Å². The maximum absolute atomic E-state index is 12.5. The number of hydrogen-bond acceptors (Lipinski definition) is 4. The van der Waals surface area contributed by atoms with E-state index in [0.717, 1.165) is 5.39 Å². The molecule has 3 rings (SSSR count). The molecule has 2 aromatic carbocycles. The highest BCUT2D eigenvalue weighted by Gasteiger charge is 2.18. The molecule has 0 amide bonds. The van der Waals surface area contributed by atoms with Crippen molar-refractivity contribution in [3.63, 3.8) is 0 Å². The third-order valence-corrected chi connectivity index (χ3v) is 3.44. The highest BCUT2D eigenvalue weighted by Crippen LogP contribution is 2.27. The van der Waals surface area contributed by atoms with Crippen LogP contribution in [0.1, 0.15) is 16.1 Å². The Morgan fingerprint density at radius 2 is 2.00 bits per heavy atom. The summed E-state index contributed by atoms with van der Waals surface area (Å²) in [4.78, 5) is 12.5. The second-order valence-electron chi connectivity index (χ2n) is 4.58. The minimum atomic E-state index is -0.293. The molecule has 0 aliphatic rings. The van der Waals surface area contributed by atoms with E-state index in [0.29, 0.717) is 27.6 Å². The number of carbonyl (C=O) groups is 1. The molecule has 0 aliphatic heterocycles. The summed E-state index contributed by atoms with van der Waals surface area (Å²) in [5.74, 6) is 0.484. The lowest BCUT2D eigenvalue weighted by atomic mass is 10.1. The van der Waals surface area contributed by atoms with Gasteiger partial charge >= 0.3 is 0 Å².